The number of nitrogens with zero attached hydrogens (tertiary/aromatic N) is 1. The van der Waals surface area contributed by atoms with Gasteiger partial charge in [0.2, 0.25) is 0 Å². The van der Waals surface area contributed by atoms with E-state index in [1.807, 2.05) is 35.7 Å². The zero-order valence-electron chi connectivity index (χ0n) is 13.7. The van der Waals surface area contributed by atoms with Gasteiger partial charge in [0.25, 0.3) is 5.91 Å². The third kappa shape index (κ3) is 3.87. The number of amides is 1. The van der Waals surface area contributed by atoms with Crippen LogP contribution in [0.5, 0.6) is 0 Å². The molecule has 1 aliphatic carbocycles. The molecule has 2 aromatic rings. The Bertz CT molecular complexity index is 724. The maximum atomic E-state index is 12.5. The van der Waals surface area contributed by atoms with E-state index in [0.29, 0.717) is 16.8 Å². The summed E-state index contributed by atoms with van der Waals surface area (Å²) in [4.78, 5) is 17.0. The molecule has 134 valence electrons. The van der Waals surface area contributed by atoms with E-state index in [1.54, 1.807) is 0 Å². The van der Waals surface area contributed by atoms with E-state index in [4.69, 9.17) is 0 Å². The maximum Gasteiger partial charge on any atom is 0.280 e. The number of nitrogens with one attached hydrogen (secondary N) is 2. The number of fused-ring (bicyclic) bond motifs is 1. The fourth-order valence-corrected chi connectivity index (χ4v) is 4.53. The largest absolute Gasteiger partial charge is 0.391 e. The second-order valence-electron chi connectivity index (χ2n) is 6.70. The number of hydrogen-bond donors (Lipinski definition) is 3. The average molecular weight is 380 g/mol. The minimum Gasteiger partial charge on any atom is -0.391 e. The molecule has 0 spiro atoms. The summed E-state index contributed by atoms with van der Waals surface area (Å²) in [6.45, 7) is 1.97. The second kappa shape index (κ2) is 7.83. The van der Waals surface area contributed by atoms with Crippen LogP contribution in [0, 0.1) is 11.8 Å². The first-order valence-corrected chi connectivity index (χ1v) is 9.29. The van der Waals surface area contributed by atoms with Crippen molar-refractivity contribution in [1.82, 2.24) is 15.6 Å². The van der Waals surface area contributed by atoms with Crippen LogP contribution in [0.4, 0.5) is 0 Å². The molecule has 4 atom stereocenters. The van der Waals surface area contributed by atoms with Crippen LogP contribution in [0.2, 0.25) is 0 Å². The highest BCUT2D eigenvalue weighted by Gasteiger charge is 2.39. The van der Waals surface area contributed by atoms with Crippen molar-refractivity contribution in [2.45, 2.75) is 25.0 Å². The van der Waals surface area contributed by atoms with Gasteiger partial charge < -0.3 is 15.7 Å². The molecule has 0 bridgehead atoms. The van der Waals surface area contributed by atoms with Crippen LogP contribution in [-0.4, -0.2) is 41.2 Å². The molecule has 2 heterocycles. The summed E-state index contributed by atoms with van der Waals surface area (Å²) in [5, 5.41) is 19.1. The SMILES string of the molecule is Cl.O=C(N[C@H]1C[C@H]2CNC[C@H]2C[C@@H]1O)c1nc(-c2ccccc2)cs1. The third-order valence-electron chi connectivity index (χ3n) is 5.13. The van der Waals surface area contributed by atoms with Gasteiger partial charge in [0.15, 0.2) is 5.01 Å². The first kappa shape index (κ1) is 18.3. The molecule has 1 amide bonds. The number of benzene rings is 1. The van der Waals surface area contributed by atoms with E-state index in [9.17, 15) is 9.90 Å². The molecule has 7 heteroatoms. The quantitative estimate of drug-likeness (QED) is 0.765. The Labute approximate surface area is 157 Å². The standard InChI is InChI=1S/C18H21N3O2S.ClH/c22-16-7-13-9-19-8-12(13)6-14(16)20-17(23)18-21-15(10-24-18)11-4-2-1-3-5-11;/h1-5,10,12-14,16,19,22H,6-9H2,(H,20,23);1H/t12-,13+,14-,16-;/m0./s1. The molecule has 2 aliphatic rings. The Balaban J connectivity index is 0.00000182. The van der Waals surface area contributed by atoms with E-state index in [-0.39, 0.29) is 24.4 Å². The van der Waals surface area contributed by atoms with Crippen molar-refractivity contribution in [2.75, 3.05) is 13.1 Å². The predicted octanol–water partition coefficient (Wildman–Crippen LogP) is 2.32. The third-order valence-corrected chi connectivity index (χ3v) is 5.97. The molecular formula is C18H22ClN3O2S. The highest BCUT2D eigenvalue weighted by molar-refractivity contribution is 7.12. The van der Waals surface area contributed by atoms with E-state index >= 15 is 0 Å². The molecule has 1 aliphatic heterocycles. The van der Waals surface area contributed by atoms with Crippen LogP contribution in [0.1, 0.15) is 22.6 Å². The summed E-state index contributed by atoms with van der Waals surface area (Å²) < 4.78 is 0. The van der Waals surface area contributed by atoms with E-state index < -0.39 is 6.10 Å². The highest BCUT2D eigenvalue weighted by Crippen LogP contribution is 2.33. The van der Waals surface area contributed by atoms with Gasteiger partial charge in [-0.05, 0) is 37.8 Å². The molecule has 25 heavy (non-hydrogen) atoms. The summed E-state index contributed by atoms with van der Waals surface area (Å²) in [7, 11) is 0. The number of rotatable bonds is 3. The Kier molecular flexibility index (Phi) is 5.74. The molecule has 5 nitrogen and oxygen atoms in total. The molecule has 0 unspecified atom stereocenters. The Morgan fingerprint density at radius 3 is 2.68 bits per heavy atom. The summed E-state index contributed by atoms with van der Waals surface area (Å²) in [6, 6.07) is 9.66. The van der Waals surface area contributed by atoms with Gasteiger partial charge in [0.1, 0.15) is 0 Å². The van der Waals surface area contributed by atoms with E-state index in [1.165, 1.54) is 11.3 Å². The van der Waals surface area contributed by atoms with Crippen molar-refractivity contribution in [3.05, 3.63) is 40.7 Å². The molecule has 1 aromatic heterocycles. The highest BCUT2D eigenvalue weighted by atomic mass is 35.5. The number of carbonyl (C=O) groups excluding carboxylic acids is 1. The van der Waals surface area contributed by atoms with Crippen LogP contribution in [-0.2, 0) is 0 Å². The Morgan fingerprint density at radius 2 is 1.92 bits per heavy atom. The van der Waals surface area contributed by atoms with Crippen molar-refractivity contribution >= 4 is 29.7 Å². The minimum absolute atomic E-state index is 0. The van der Waals surface area contributed by atoms with E-state index in [0.717, 1.165) is 37.2 Å². The van der Waals surface area contributed by atoms with E-state index in [2.05, 4.69) is 15.6 Å². The van der Waals surface area contributed by atoms with Crippen LogP contribution in [0.15, 0.2) is 35.7 Å². The van der Waals surface area contributed by atoms with Gasteiger partial charge in [-0.3, -0.25) is 4.79 Å². The smallest absolute Gasteiger partial charge is 0.280 e. The van der Waals surface area contributed by atoms with Gasteiger partial charge in [-0.15, -0.1) is 23.7 Å². The molecule has 1 aromatic carbocycles. The van der Waals surface area contributed by atoms with Crippen LogP contribution < -0.4 is 10.6 Å². The number of aliphatic hydroxyl groups excluding tert-OH is 1. The lowest BCUT2D eigenvalue weighted by molar-refractivity contribution is 0.0462. The van der Waals surface area contributed by atoms with Crippen molar-refractivity contribution in [1.29, 1.82) is 0 Å². The topological polar surface area (TPSA) is 74.2 Å². The van der Waals surface area contributed by atoms with Crippen molar-refractivity contribution in [3.8, 4) is 11.3 Å². The van der Waals surface area contributed by atoms with Gasteiger partial charge in [-0.2, -0.15) is 0 Å². The molecule has 3 N–H and O–H groups in total. The zero-order valence-corrected chi connectivity index (χ0v) is 15.4. The summed E-state index contributed by atoms with van der Waals surface area (Å²) in [5.74, 6) is 0.906. The number of hydrogen-bond acceptors (Lipinski definition) is 5. The molecule has 0 radical (unpaired) electrons. The second-order valence-corrected chi connectivity index (χ2v) is 7.56. The van der Waals surface area contributed by atoms with Crippen molar-refractivity contribution < 1.29 is 9.90 Å². The number of thiazole rings is 1. The molecule has 4 rings (SSSR count). The lowest BCUT2D eigenvalue weighted by Crippen LogP contribution is -2.49. The average Bonchev–Trinajstić information content (AvgIpc) is 3.25. The van der Waals surface area contributed by atoms with Crippen LogP contribution in [0.3, 0.4) is 0 Å². The molecule has 2 fully saturated rings. The molecular weight excluding hydrogens is 358 g/mol. The van der Waals surface area contributed by atoms with Crippen molar-refractivity contribution in [3.63, 3.8) is 0 Å². The fraction of sp³-hybridized carbons (Fsp3) is 0.444. The normalized spacial score (nSPS) is 28.0. The summed E-state index contributed by atoms with van der Waals surface area (Å²) in [6.07, 6.45) is 1.13. The van der Waals surface area contributed by atoms with Gasteiger partial charge in [0, 0.05) is 10.9 Å². The number of halogens is 1. The lowest BCUT2D eigenvalue weighted by atomic mass is 9.77. The summed E-state index contributed by atoms with van der Waals surface area (Å²) >= 11 is 1.34. The van der Waals surface area contributed by atoms with Crippen LogP contribution >= 0.6 is 23.7 Å². The predicted molar refractivity (Wildman–Crippen MR) is 101 cm³/mol. The van der Waals surface area contributed by atoms with Gasteiger partial charge >= 0.3 is 0 Å². The number of aliphatic hydroxyl groups is 1. The Morgan fingerprint density at radius 1 is 1.20 bits per heavy atom. The Hall–Kier alpha value is -1.47. The van der Waals surface area contributed by atoms with Crippen molar-refractivity contribution in [2.24, 2.45) is 11.8 Å². The zero-order chi connectivity index (χ0) is 16.5. The fourth-order valence-electron chi connectivity index (χ4n) is 3.80. The lowest BCUT2D eigenvalue weighted by Gasteiger charge is -2.35. The minimum atomic E-state index is -0.469. The monoisotopic (exact) mass is 379 g/mol. The maximum absolute atomic E-state index is 12.5. The number of carbonyl (C=O) groups is 1. The molecule has 1 saturated heterocycles. The summed E-state index contributed by atoms with van der Waals surface area (Å²) in [5.41, 5.74) is 1.82. The van der Waals surface area contributed by atoms with Gasteiger partial charge in [-0.1, -0.05) is 30.3 Å². The molecule has 1 saturated carbocycles. The first-order chi connectivity index (χ1) is 11.7. The number of aromatic nitrogens is 1. The first-order valence-electron chi connectivity index (χ1n) is 8.41. The van der Waals surface area contributed by atoms with Gasteiger partial charge in [0.05, 0.1) is 17.8 Å². The van der Waals surface area contributed by atoms with Gasteiger partial charge in [-0.25, -0.2) is 4.98 Å². The van der Waals surface area contributed by atoms with Crippen LogP contribution in [0.25, 0.3) is 11.3 Å².